The first-order chi connectivity index (χ1) is 15.9. The molecule has 0 atom stereocenters. The van der Waals surface area contributed by atoms with Gasteiger partial charge < -0.3 is 20.9 Å². The van der Waals surface area contributed by atoms with E-state index in [1.54, 1.807) is 24.3 Å². The van der Waals surface area contributed by atoms with Crippen LogP contribution >= 0.6 is 0 Å². The Bertz CT molecular complexity index is 1180. The van der Waals surface area contributed by atoms with Crippen molar-refractivity contribution in [1.82, 2.24) is 0 Å². The summed E-state index contributed by atoms with van der Waals surface area (Å²) in [5, 5.41) is 7.89. The lowest BCUT2D eigenvalue weighted by atomic mass is 10.1. The maximum Gasteiger partial charge on any atom is 0.323 e. The molecule has 1 fully saturated rings. The van der Waals surface area contributed by atoms with Gasteiger partial charge in [0.1, 0.15) is 11.6 Å². The highest BCUT2D eigenvalue weighted by molar-refractivity contribution is 6.06. The minimum atomic E-state index is -0.745. The zero-order valence-electron chi connectivity index (χ0n) is 18.1. The van der Waals surface area contributed by atoms with Gasteiger partial charge in [-0.05, 0) is 62.2 Å². The highest BCUT2D eigenvalue weighted by Crippen LogP contribution is 2.32. The summed E-state index contributed by atoms with van der Waals surface area (Å²) in [6.45, 7) is 3.62. The predicted molar refractivity (Wildman–Crippen MR) is 126 cm³/mol. The third kappa shape index (κ3) is 5.46. The highest BCUT2D eigenvalue weighted by Gasteiger charge is 2.19. The molecule has 1 heterocycles. The number of hydrogen-bond donors (Lipinski definition) is 3. The summed E-state index contributed by atoms with van der Waals surface area (Å²) in [4.78, 5) is 27.3. The summed E-state index contributed by atoms with van der Waals surface area (Å²) >= 11 is 0. The molecule has 0 unspecified atom stereocenters. The van der Waals surface area contributed by atoms with Gasteiger partial charge in [-0.15, -0.1) is 0 Å². The number of nitrogens with zero attached hydrogens (tertiary/aromatic N) is 1. The average Bonchev–Trinajstić information content (AvgIpc) is 3.31. The van der Waals surface area contributed by atoms with Crippen LogP contribution in [0.2, 0.25) is 0 Å². The van der Waals surface area contributed by atoms with Crippen molar-refractivity contribution in [2.75, 3.05) is 33.9 Å². The summed E-state index contributed by atoms with van der Waals surface area (Å²) in [6.07, 6.45) is 2.07. The van der Waals surface area contributed by atoms with E-state index in [4.69, 9.17) is 0 Å². The SMILES string of the molecule is Cc1ccc(C(=O)Nc2ccc(N3CCCC3)c(NC(=O)Nc3cc(F)ccc3F)c2)cc1. The van der Waals surface area contributed by atoms with Crippen LogP contribution in [-0.4, -0.2) is 25.0 Å². The molecule has 0 bridgehead atoms. The standard InChI is InChI=1S/C25H24F2N4O2/c1-16-4-6-17(7-5-16)24(32)28-19-9-11-23(31-12-2-3-13-31)22(15-19)30-25(33)29-21-14-18(26)8-10-20(21)27/h4-11,14-15H,2-3,12-13H2,1H3,(H,28,32)(H2,29,30,33). The van der Waals surface area contributed by atoms with Gasteiger partial charge in [0.05, 0.1) is 17.1 Å². The molecule has 33 heavy (non-hydrogen) atoms. The van der Waals surface area contributed by atoms with Gasteiger partial charge in [0.25, 0.3) is 5.91 Å². The molecule has 170 valence electrons. The minimum absolute atomic E-state index is 0.265. The Hall–Kier alpha value is -3.94. The predicted octanol–water partition coefficient (Wildman–Crippen LogP) is 5.77. The molecule has 6 nitrogen and oxygen atoms in total. The van der Waals surface area contributed by atoms with Gasteiger partial charge in [-0.2, -0.15) is 0 Å². The lowest BCUT2D eigenvalue weighted by Gasteiger charge is -2.22. The normalized spacial score (nSPS) is 13.0. The molecule has 0 radical (unpaired) electrons. The third-order valence-corrected chi connectivity index (χ3v) is 5.44. The number of amides is 3. The molecule has 3 N–H and O–H groups in total. The number of urea groups is 1. The first-order valence-corrected chi connectivity index (χ1v) is 10.7. The van der Waals surface area contributed by atoms with Crippen molar-refractivity contribution in [1.29, 1.82) is 0 Å². The largest absolute Gasteiger partial charge is 0.370 e. The number of aryl methyl sites for hydroxylation is 1. The van der Waals surface area contributed by atoms with Crippen LogP contribution in [0.5, 0.6) is 0 Å². The number of halogens is 2. The van der Waals surface area contributed by atoms with Crippen LogP contribution in [0.25, 0.3) is 0 Å². The fraction of sp³-hybridized carbons (Fsp3) is 0.200. The van der Waals surface area contributed by atoms with Crippen molar-refractivity contribution >= 4 is 34.7 Å². The summed E-state index contributed by atoms with van der Waals surface area (Å²) < 4.78 is 27.4. The molecule has 0 spiro atoms. The Labute approximate surface area is 190 Å². The lowest BCUT2D eigenvalue weighted by molar-refractivity contribution is 0.102. The first-order valence-electron chi connectivity index (χ1n) is 10.7. The number of benzene rings is 3. The van der Waals surface area contributed by atoms with E-state index in [9.17, 15) is 18.4 Å². The summed E-state index contributed by atoms with van der Waals surface area (Å²) in [7, 11) is 0. The maximum absolute atomic E-state index is 13.9. The molecule has 0 saturated carbocycles. The van der Waals surface area contributed by atoms with Crippen LogP contribution in [0.15, 0.2) is 60.7 Å². The molecule has 0 aromatic heterocycles. The van der Waals surface area contributed by atoms with E-state index in [0.717, 1.165) is 55.4 Å². The molecule has 1 saturated heterocycles. The topological polar surface area (TPSA) is 73.5 Å². The van der Waals surface area contributed by atoms with Gasteiger partial charge in [-0.3, -0.25) is 4.79 Å². The van der Waals surface area contributed by atoms with E-state index in [0.29, 0.717) is 16.9 Å². The van der Waals surface area contributed by atoms with Gasteiger partial charge in [-0.1, -0.05) is 17.7 Å². The second-order valence-corrected chi connectivity index (χ2v) is 7.95. The van der Waals surface area contributed by atoms with E-state index in [1.165, 1.54) is 0 Å². The second-order valence-electron chi connectivity index (χ2n) is 7.95. The molecule has 8 heteroatoms. The van der Waals surface area contributed by atoms with E-state index in [1.807, 2.05) is 25.1 Å². The fourth-order valence-corrected chi connectivity index (χ4v) is 3.73. The van der Waals surface area contributed by atoms with Gasteiger partial charge in [0, 0.05) is 30.4 Å². The number of nitrogens with one attached hydrogen (secondary N) is 3. The van der Waals surface area contributed by atoms with Gasteiger partial charge in [0.15, 0.2) is 0 Å². The van der Waals surface area contributed by atoms with Crippen LogP contribution in [0, 0.1) is 18.6 Å². The fourth-order valence-electron chi connectivity index (χ4n) is 3.73. The van der Waals surface area contributed by atoms with Crippen LogP contribution in [0.3, 0.4) is 0 Å². The Balaban J connectivity index is 1.56. The third-order valence-electron chi connectivity index (χ3n) is 5.44. The van der Waals surface area contributed by atoms with Crippen LogP contribution < -0.4 is 20.9 Å². The zero-order chi connectivity index (χ0) is 23.4. The summed E-state index contributed by atoms with van der Waals surface area (Å²) in [5.41, 5.74) is 3.03. The summed E-state index contributed by atoms with van der Waals surface area (Å²) in [5.74, 6) is -1.68. The van der Waals surface area contributed by atoms with Gasteiger partial charge in [-0.25, -0.2) is 13.6 Å². The van der Waals surface area contributed by atoms with Crippen LogP contribution in [0.4, 0.5) is 36.3 Å². The van der Waals surface area contributed by atoms with E-state index in [2.05, 4.69) is 20.9 Å². The molecular weight excluding hydrogens is 426 g/mol. The Morgan fingerprint density at radius 2 is 1.52 bits per heavy atom. The lowest BCUT2D eigenvalue weighted by Crippen LogP contribution is -2.24. The van der Waals surface area contributed by atoms with E-state index in [-0.39, 0.29) is 11.6 Å². The average molecular weight is 450 g/mol. The van der Waals surface area contributed by atoms with Crippen molar-refractivity contribution in [2.45, 2.75) is 19.8 Å². The van der Waals surface area contributed by atoms with Crippen molar-refractivity contribution in [3.8, 4) is 0 Å². The Morgan fingerprint density at radius 3 is 2.24 bits per heavy atom. The molecule has 4 rings (SSSR count). The number of anilines is 4. The molecular formula is C25H24F2N4O2. The molecule has 1 aliphatic rings. The molecule has 0 aliphatic carbocycles. The quantitative estimate of drug-likeness (QED) is 0.462. The summed E-state index contributed by atoms with van der Waals surface area (Å²) in [6, 6.07) is 14.6. The molecule has 3 amide bonds. The van der Waals surface area contributed by atoms with Crippen molar-refractivity contribution in [2.24, 2.45) is 0 Å². The van der Waals surface area contributed by atoms with Gasteiger partial charge in [0.2, 0.25) is 0 Å². The molecule has 1 aliphatic heterocycles. The number of carbonyl (C=O) groups excluding carboxylic acids is 2. The Kier molecular flexibility index (Phi) is 6.53. The van der Waals surface area contributed by atoms with Crippen molar-refractivity contribution in [3.05, 3.63) is 83.4 Å². The first kappa shape index (κ1) is 22.3. The maximum atomic E-state index is 13.9. The molecule has 3 aromatic rings. The number of hydrogen-bond acceptors (Lipinski definition) is 3. The highest BCUT2D eigenvalue weighted by atomic mass is 19.1. The number of carbonyl (C=O) groups is 2. The van der Waals surface area contributed by atoms with Crippen molar-refractivity contribution < 1.29 is 18.4 Å². The Morgan fingerprint density at radius 1 is 0.818 bits per heavy atom. The van der Waals surface area contributed by atoms with Crippen molar-refractivity contribution in [3.63, 3.8) is 0 Å². The minimum Gasteiger partial charge on any atom is -0.370 e. The van der Waals surface area contributed by atoms with Crippen LogP contribution in [-0.2, 0) is 0 Å². The van der Waals surface area contributed by atoms with E-state index >= 15 is 0 Å². The van der Waals surface area contributed by atoms with E-state index < -0.39 is 17.7 Å². The zero-order valence-corrected chi connectivity index (χ0v) is 18.1. The smallest absolute Gasteiger partial charge is 0.323 e. The monoisotopic (exact) mass is 450 g/mol. The molecule has 3 aromatic carbocycles. The number of rotatable bonds is 5. The van der Waals surface area contributed by atoms with Crippen LogP contribution in [0.1, 0.15) is 28.8 Å². The second kappa shape index (κ2) is 9.68. The van der Waals surface area contributed by atoms with Gasteiger partial charge >= 0.3 is 6.03 Å².